The molecule has 5 aliphatic rings. The average molecular weight is 501 g/mol. The normalized spacial score (nSPS) is 45.6. The summed E-state index contributed by atoms with van der Waals surface area (Å²) in [5, 5.41) is 0. The summed E-state index contributed by atoms with van der Waals surface area (Å²) in [6, 6.07) is 0. The van der Waals surface area contributed by atoms with E-state index in [0.29, 0.717) is 5.78 Å². The van der Waals surface area contributed by atoms with E-state index in [1.165, 1.54) is 89.9 Å². The second-order valence-corrected chi connectivity index (χ2v) is 14.5. The third-order valence-corrected chi connectivity index (χ3v) is 12.8. The lowest BCUT2D eigenvalue weighted by Crippen LogP contribution is -2.69. The Morgan fingerprint density at radius 1 is 0.583 bits per heavy atom. The van der Waals surface area contributed by atoms with E-state index in [-0.39, 0.29) is 0 Å². The van der Waals surface area contributed by atoms with Crippen molar-refractivity contribution in [1.82, 2.24) is 0 Å². The number of hydrogen-bond donors (Lipinski definition) is 0. The fraction of sp³-hybridized carbons (Fsp3) is 0.971. The van der Waals surface area contributed by atoms with Crippen LogP contribution in [0.5, 0.6) is 0 Å². The van der Waals surface area contributed by atoms with Crippen molar-refractivity contribution in [2.45, 2.75) is 161 Å². The highest BCUT2D eigenvalue weighted by molar-refractivity contribution is 5.98. The number of unbranched alkanes of at least 4 members (excludes halogenated alkanes) is 2. The van der Waals surface area contributed by atoms with Gasteiger partial charge >= 0.3 is 0 Å². The summed E-state index contributed by atoms with van der Waals surface area (Å²) in [5.74, 6) is 5.55. The first-order valence-electron chi connectivity index (χ1n) is 16.7. The van der Waals surface area contributed by atoms with Crippen LogP contribution in [0.3, 0.4) is 0 Å². The van der Waals surface area contributed by atoms with Crippen molar-refractivity contribution in [3.63, 3.8) is 0 Å². The van der Waals surface area contributed by atoms with Crippen molar-refractivity contribution in [1.29, 1.82) is 0 Å². The van der Waals surface area contributed by atoms with Gasteiger partial charge in [-0.05, 0) is 113 Å². The Kier molecular flexibility index (Phi) is 8.89. The van der Waals surface area contributed by atoms with E-state index >= 15 is 4.39 Å². The van der Waals surface area contributed by atoms with Gasteiger partial charge in [0.25, 0.3) is 0 Å². The van der Waals surface area contributed by atoms with Crippen LogP contribution in [-0.2, 0) is 4.79 Å². The van der Waals surface area contributed by atoms with Gasteiger partial charge in [0.2, 0.25) is 0 Å². The molecule has 5 fully saturated rings. The smallest absolute Gasteiger partial charge is 0.151 e. The van der Waals surface area contributed by atoms with Crippen LogP contribution in [0.1, 0.15) is 155 Å². The van der Waals surface area contributed by atoms with Crippen LogP contribution in [0, 0.1) is 46.3 Å². The van der Waals surface area contributed by atoms with Crippen molar-refractivity contribution in [3.8, 4) is 0 Å². The zero-order valence-corrected chi connectivity index (χ0v) is 23.9. The first-order chi connectivity index (χ1) is 17.5. The summed E-state index contributed by atoms with van der Waals surface area (Å²) >= 11 is 0. The Labute approximate surface area is 222 Å². The number of Topliss-reactive ketones (excluding diaryl/α,β-unsaturated/α-hetero) is 1. The molecule has 0 amide bonds. The molecule has 0 aromatic heterocycles. The second kappa shape index (κ2) is 11.8. The van der Waals surface area contributed by atoms with Crippen molar-refractivity contribution < 1.29 is 9.18 Å². The second-order valence-electron chi connectivity index (χ2n) is 14.5. The van der Waals surface area contributed by atoms with E-state index in [2.05, 4.69) is 13.8 Å². The van der Waals surface area contributed by atoms with Crippen LogP contribution < -0.4 is 0 Å². The van der Waals surface area contributed by atoms with Gasteiger partial charge in [0.1, 0.15) is 6.17 Å². The third kappa shape index (κ3) is 5.11. The van der Waals surface area contributed by atoms with Crippen molar-refractivity contribution in [2.75, 3.05) is 0 Å². The van der Waals surface area contributed by atoms with Crippen LogP contribution in [0.4, 0.5) is 4.39 Å². The van der Waals surface area contributed by atoms with Crippen LogP contribution in [0.25, 0.3) is 0 Å². The van der Waals surface area contributed by atoms with Crippen LogP contribution in [0.15, 0.2) is 0 Å². The first kappa shape index (κ1) is 27.2. The maximum absolute atomic E-state index is 16.1. The average Bonchev–Trinajstić information content (AvgIpc) is 2.95. The van der Waals surface area contributed by atoms with Gasteiger partial charge in [0.05, 0.1) is 10.8 Å². The lowest BCUT2D eigenvalue weighted by Gasteiger charge is -2.62. The van der Waals surface area contributed by atoms with Crippen molar-refractivity contribution in [3.05, 3.63) is 0 Å². The van der Waals surface area contributed by atoms with Crippen LogP contribution >= 0.6 is 0 Å². The van der Waals surface area contributed by atoms with E-state index < -0.39 is 17.0 Å². The molecule has 0 aromatic carbocycles. The fourth-order valence-electron chi connectivity index (χ4n) is 10.3. The predicted molar refractivity (Wildman–Crippen MR) is 149 cm³/mol. The number of halogens is 1. The van der Waals surface area contributed by atoms with Gasteiger partial charge in [-0.3, -0.25) is 4.79 Å². The molecule has 2 spiro atoms. The first-order valence-corrected chi connectivity index (χ1v) is 16.7. The molecule has 1 nitrogen and oxygen atoms in total. The summed E-state index contributed by atoms with van der Waals surface area (Å²) in [5.41, 5.74) is -1.14. The molecule has 2 heteroatoms. The van der Waals surface area contributed by atoms with Gasteiger partial charge < -0.3 is 0 Å². The molecule has 0 heterocycles. The Bertz CT molecular complexity index is 639. The monoisotopic (exact) mass is 500 g/mol. The van der Waals surface area contributed by atoms with Crippen LogP contribution in [0.2, 0.25) is 0 Å². The largest absolute Gasteiger partial charge is 0.298 e. The number of carbonyl (C=O) groups is 1. The van der Waals surface area contributed by atoms with E-state index in [0.717, 1.165) is 86.9 Å². The molecule has 36 heavy (non-hydrogen) atoms. The lowest BCUT2D eigenvalue weighted by atomic mass is 9.41. The zero-order chi connectivity index (χ0) is 25.2. The zero-order valence-electron chi connectivity index (χ0n) is 23.9. The summed E-state index contributed by atoms with van der Waals surface area (Å²) in [6.45, 7) is 4.61. The Morgan fingerprint density at radius 3 is 1.22 bits per heavy atom. The third-order valence-electron chi connectivity index (χ3n) is 12.8. The SMILES string of the molecule is CCCC[C@H]1CC[C@H](C2CCC3(CC2)C(=O)C2(CCC([C@H]4CC[C@H](CCCC)CC4)CC2)C3F)CC1. The predicted octanol–water partition coefficient (Wildman–Crippen LogP) is 10.3. The molecule has 0 radical (unpaired) electrons. The van der Waals surface area contributed by atoms with Gasteiger partial charge in [-0.15, -0.1) is 0 Å². The topological polar surface area (TPSA) is 17.1 Å². The fourth-order valence-corrected chi connectivity index (χ4v) is 10.3. The molecule has 206 valence electrons. The highest BCUT2D eigenvalue weighted by Gasteiger charge is 2.71. The molecule has 0 unspecified atom stereocenters. The summed E-state index contributed by atoms with van der Waals surface area (Å²) in [4.78, 5) is 13.7. The maximum Gasteiger partial charge on any atom is 0.151 e. The summed E-state index contributed by atoms with van der Waals surface area (Å²) in [7, 11) is 0. The molecule has 5 rings (SSSR count). The quantitative estimate of drug-likeness (QED) is 0.324. The summed E-state index contributed by atoms with van der Waals surface area (Å²) in [6.07, 6.45) is 26.6. The number of rotatable bonds is 8. The summed E-state index contributed by atoms with van der Waals surface area (Å²) < 4.78 is 16.1. The Hall–Kier alpha value is -0.400. The van der Waals surface area contributed by atoms with Crippen LogP contribution in [-0.4, -0.2) is 12.0 Å². The highest BCUT2D eigenvalue weighted by atomic mass is 19.1. The number of hydrogen-bond acceptors (Lipinski definition) is 1. The number of alkyl halides is 1. The molecule has 0 N–H and O–H groups in total. The molecule has 0 saturated heterocycles. The molecule has 0 aromatic rings. The van der Waals surface area contributed by atoms with Crippen molar-refractivity contribution >= 4 is 5.78 Å². The minimum atomic E-state index is -0.839. The minimum absolute atomic E-state index is 0.381. The highest BCUT2D eigenvalue weighted by Crippen LogP contribution is 2.66. The van der Waals surface area contributed by atoms with Gasteiger partial charge in [-0.2, -0.15) is 0 Å². The molecular weight excluding hydrogens is 443 g/mol. The lowest BCUT2D eigenvalue weighted by molar-refractivity contribution is -0.194. The van der Waals surface area contributed by atoms with Gasteiger partial charge in [0, 0.05) is 0 Å². The van der Waals surface area contributed by atoms with Gasteiger partial charge in [-0.25, -0.2) is 4.39 Å². The minimum Gasteiger partial charge on any atom is -0.298 e. The van der Waals surface area contributed by atoms with E-state index in [4.69, 9.17) is 0 Å². The molecular formula is C34H57FO. The molecule has 5 aliphatic carbocycles. The molecule has 0 bridgehead atoms. The molecule has 0 aliphatic heterocycles. The van der Waals surface area contributed by atoms with Gasteiger partial charge in [-0.1, -0.05) is 78.1 Å². The standard InChI is InChI=1S/C34H57FO/c1-3-5-7-25-9-13-27(14-10-25)29-17-21-33(22-18-29)31(35)34(32(33)36)23-19-30(20-24-34)28-15-11-26(12-16-28)8-6-4-2/h25-31H,3-24H2,1-2H3/t25-,26-,27-,28-,29?,30?,31?,33?,34?. The van der Waals surface area contributed by atoms with E-state index in [1.807, 2.05) is 0 Å². The number of ketones is 1. The Balaban J connectivity index is 1.07. The molecule has 0 atom stereocenters. The molecule has 5 saturated carbocycles. The number of carbonyl (C=O) groups excluding carboxylic acids is 1. The van der Waals surface area contributed by atoms with Gasteiger partial charge in [0.15, 0.2) is 5.78 Å². The van der Waals surface area contributed by atoms with E-state index in [1.54, 1.807) is 0 Å². The Morgan fingerprint density at radius 2 is 0.917 bits per heavy atom. The maximum atomic E-state index is 16.1. The van der Waals surface area contributed by atoms with Crippen molar-refractivity contribution in [2.24, 2.45) is 46.3 Å². The van der Waals surface area contributed by atoms with E-state index in [9.17, 15) is 4.79 Å².